The van der Waals surface area contributed by atoms with Crippen molar-refractivity contribution in [3.8, 4) is 0 Å². The zero-order chi connectivity index (χ0) is 21.1. The Labute approximate surface area is 176 Å². The van der Waals surface area contributed by atoms with Gasteiger partial charge in [-0.15, -0.1) is 5.10 Å². The maximum atomic E-state index is 12.9. The maximum Gasteiger partial charge on any atom is 0.283 e. The highest BCUT2D eigenvalue weighted by Crippen LogP contribution is 2.25. The van der Waals surface area contributed by atoms with Gasteiger partial charge in [0.25, 0.3) is 11.5 Å². The van der Waals surface area contributed by atoms with E-state index in [1.54, 1.807) is 25.3 Å². The molecule has 0 aliphatic rings. The van der Waals surface area contributed by atoms with Gasteiger partial charge in [0.15, 0.2) is 0 Å². The number of benzene rings is 2. The minimum Gasteiger partial charge on any atom is -0.383 e. The van der Waals surface area contributed by atoms with Crippen LogP contribution in [0.2, 0.25) is 0 Å². The standard InChI is InChI=1S/C21H21N5O3S/c1-3-13-6-4-5-7-16(13)23-20-25-26-19(28)15-9-8-14(18(27)22-10-11-29-2)12-17(15)24-21(26)30-20/h4-9,12H,3,10-11H2,1-2H3,(H,22,27)(H,23,25). The molecule has 8 nitrogen and oxygen atoms in total. The summed E-state index contributed by atoms with van der Waals surface area (Å²) in [6, 6.07) is 12.8. The third-order valence-corrected chi connectivity index (χ3v) is 5.51. The molecule has 2 N–H and O–H groups in total. The molecule has 2 aromatic carbocycles. The van der Waals surface area contributed by atoms with Crippen molar-refractivity contribution in [3.05, 3.63) is 63.9 Å². The molecule has 0 atom stereocenters. The van der Waals surface area contributed by atoms with Crippen molar-refractivity contribution in [2.45, 2.75) is 13.3 Å². The van der Waals surface area contributed by atoms with Crippen LogP contribution in [0.1, 0.15) is 22.8 Å². The first-order chi connectivity index (χ1) is 14.6. The average Bonchev–Trinajstić information content (AvgIpc) is 3.16. The zero-order valence-electron chi connectivity index (χ0n) is 16.6. The van der Waals surface area contributed by atoms with Crippen molar-refractivity contribution in [2.24, 2.45) is 0 Å². The van der Waals surface area contributed by atoms with Gasteiger partial charge in [0.05, 0.1) is 17.5 Å². The van der Waals surface area contributed by atoms with E-state index in [1.807, 2.05) is 24.3 Å². The van der Waals surface area contributed by atoms with E-state index in [0.717, 1.165) is 17.7 Å². The van der Waals surface area contributed by atoms with Crippen LogP contribution in [0.5, 0.6) is 0 Å². The Morgan fingerprint density at radius 1 is 1.23 bits per heavy atom. The number of hydrogen-bond donors (Lipinski definition) is 2. The number of amides is 1. The van der Waals surface area contributed by atoms with E-state index >= 15 is 0 Å². The first kappa shape index (κ1) is 20.0. The van der Waals surface area contributed by atoms with Crippen molar-refractivity contribution >= 4 is 43.9 Å². The predicted molar refractivity (Wildman–Crippen MR) is 118 cm³/mol. The van der Waals surface area contributed by atoms with Crippen LogP contribution < -0.4 is 16.2 Å². The van der Waals surface area contributed by atoms with Crippen molar-refractivity contribution in [3.63, 3.8) is 0 Å². The second kappa shape index (κ2) is 8.60. The fourth-order valence-electron chi connectivity index (χ4n) is 3.13. The average molecular weight is 423 g/mol. The highest BCUT2D eigenvalue weighted by molar-refractivity contribution is 7.20. The van der Waals surface area contributed by atoms with Gasteiger partial charge in [0.2, 0.25) is 10.1 Å². The molecule has 0 fully saturated rings. The molecule has 0 unspecified atom stereocenters. The fraction of sp³-hybridized carbons (Fsp3) is 0.238. The third kappa shape index (κ3) is 3.89. The van der Waals surface area contributed by atoms with E-state index in [2.05, 4.69) is 27.6 Å². The number of anilines is 2. The number of ether oxygens (including phenoxy) is 1. The molecule has 0 bridgehead atoms. The van der Waals surface area contributed by atoms with Gasteiger partial charge >= 0.3 is 0 Å². The zero-order valence-corrected chi connectivity index (χ0v) is 17.5. The Balaban J connectivity index is 1.69. The van der Waals surface area contributed by atoms with E-state index in [0.29, 0.717) is 39.7 Å². The summed E-state index contributed by atoms with van der Waals surface area (Å²) in [4.78, 5) is 30.2. The second-order valence-electron chi connectivity index (χ2n) is 6.63. The number of fused-ring (bicyclic) bond motifs is 2. The van der Waals surface area contributed by atoms with Gasteiger partial charge in [-0.1, -0.05) is 36.5 Å². The van der Waals surface area contributed by atoms with E-state index in [9.17, 15) is 9.59 Å². The lowest BCUT2D eigenvalue weighted by Crippen LogP contribution is -2.27. The smallest absolute Gasteiger partial charge is 0.283 e. The van der Waals surface area contributed by atoms with E-state index in [4.69, 9.17) is 4.74 Å². The van der Waals surface area contributed by atoms with Crippen LogP contribution in [0.3, 0.4) is 0 Å². The summed E-state index contributed by atoms with van der Waals surface area (Å²) in [5.74, 6) is -0.237. The van der Waals surface area contributed by atoms with Gasteiger partial charge in [-0.2, -0.15) is 4.52 Å². The normalized spacial score (nSPS) is 11.1. The number of aryl methyl sites for hydroxylation is 1. The summed E-state index contributed by atoms with van der Waals surface area (Å²) in [6.07, 6.45) is 0.880. The van der Waals surface area contributed by atoms with Gasteiger partial charge in [-0.3, -0.25) is 9.59 Å². The molecule has 1 amide bonds. The monoisotopic (exact) mass is 423 g/mol. The van der Waals surface area contributed by atoms with Crippen molar-refractivity contribution < 1.29 is 9.53 Å². The van der Waals surface area contributed by atoms with Crippen LogP contribution in [0.25, 0.3) is 15.9 Å². The highest BCUT2D eigenvalue weighted by atomic mass is 32.1. The summed E-state index contributed by atoms with van der Waals surface area (Å²) in [5, 5.41) is 11.4. The Kier molecular flexibility index (Phi) is 5.73. The molecular weight excluding hydrogens is 402 g/mol. The van der Waals surface area contributed by atoms with Crippen molar-refractivity contribution in [1.82, 2.24) is 19.9 Å². The Hall–Kier alpha value is -3.30. The van der Waals surface area contributed by atoms with E-state index in [-0.39, 0.29) is 11.5 Å². The van der Waals surface area contributed by atoms with Gasteiger partial charge in [0.1, 0.15) is 0 Å². The van der Waals surface area contributed by atoms with Gasteiger partial charge < -0.3 is 15.4 Å². The molecule has 4 rings (SSSR count). The van der Waals surface area contributed by atoms with Crippen molar-refractivity contribution in [2.75, 3.05) is 25.6 Å². The summed E-state index contributed by atoms with van der Waals surface area (Å²) < 4.78 is 6.23. The quantitative estimate of drug-likeness (QED) is 0.444. The first-order valence-corrected chi connectivity index (χ1v) is 10.4. The van der Waals surface area contributed by atoms with Crippen LogP contribution >= 0.6 is 11.3 Å². The van der Waals surface area contributed by atoms with E-state index < -0.39 is 0 Å². The van der Waals surface area contributed by atoms with Crippen LogP contribution in [-0.4, -0.2) is 40.8 Å². The number of para-hydroxylation sites is 1. The van der Waals surface area contributed by atoms with Gasteiger partial charge in [-0.05, 0) is 36.2 Å². The summed E-state index contributed by atoms with van der Waals surface area (Å²) in [6.45, 7) is 2.92. The minimum absolute atomic E-state index is 0.237. The number of aromatic nitrogens is 3. The van der Waals surface area contributed by atoms with E-state index in [1.165, 1.54) is 15.9 Å². The summed E-state index contributed by atoms with van der Waals surface area (Å²) in [7, 11) is 1.57. The van der Waals surface area contributed by atoms with Gasteiger partial charge in [0, 0.05) is 24.9 Å². The predicted octanol–water partition coefficient (Wildman–Crippen LogP) is 2.99. The Bertz CT molecular complexity index is 1280. The number of rotatable bonds is 7. The Morgan fingerprint density at radius 2 is 2.07 bits per heavy atom. The third-order valence-electron chi connectivity index (χ3n) is 4.69. The van der Waals surface area contributed by atoms with Crippen LogP contribution in [0.15, 0.2) is 47.3 Å². The summed E-state index contributed by atoms with van der Waals surface area (Å²) in [5.41, 5.74) is 2.74. The number of nitrogens with one attached hydrogen (secondary N) is 2. The molecule has 0 radical (unpaired) electrons. The lowest BCUT2D eigenvalue weighted by Gasteiger charge is -2.06. The molecule has 0 aliphatic carbocycles. The lowest BCUT2D eigenvalue weighted by molar-refractivity contribution is 0.0937. The van der Waals surface area contributed by atoms with Crippen LogP contribution in [0, 0.1) is 0 Å². The molecule has 154 valence electrons. The van der Waals surface area contributed by atoms with Crippen molar-refractivity contribution in [1.29, 1.82) is 0 Å². The summed E-state index contributed by atoms with van der Waals surface area (Å²) >= 11 is 1.28. The maximum absolute atomic E-state index is 12.9. The molecule has 2 aromatic heterocycles. The van der Waals surface area contributed by atoms with Crippen LogP contribution in [0.4, 0.5) is 10.8 Å². The molecule has 30 heavy (non-hydrogen) atoms. The van der Waals surface area contributed by atoms with Crippen LogP contribution in [-0.2, 0) is 11.2 Å². The molecule has 0 aliphatic heterocycles. The molecule has 0 saturated carbocycles. The molecule has 0 saturated heterocycles. The molecule has 2 heterocycles. The number of methoxy groups -OCH3 is 1. The number of carbonyl (C=O) groups is 1. The van der Waals surface area contributed by atoms with Gasteiger partial charge in [-0.25, -0.2) is 4.98 Å². The first-order valence-electron chi connectivity index (χ1n) is 9.56. The second-order valence-corrected chi connectivity index (χ2v) is 7.59. The number of nitrogens with zero attached hydrogens (tertiary/aromatic N) is 3. The number of carbonyl (C=O) groups excluding carboxylic acids is 1. The molecule has 9 heteroatoms. The Morgan fingerprint density at radius 3 is 2.87 bits per heavy atom. The largest absolute Gasteiger partial charge is 0.383 e. The fourth-order valence-corrected chi connectivity index (χ4v) is 3.95. The molecule has 4 aromatic rings. The topological polar surface area (TPSA) is 97.6 Å². The number of hydrogen-bond acceptors (Lipinski definition) is 7. The minimum atomic E-state index is -0.269. The highest BCUT2D eigenvalue weighted by Gasteiger charge is 2.14. The lowest BCUT2D eigenvalue weighted by atomic mass is 10.1. The molecule has 0 spiro atoms. The SMILES string of the molecule is CCc1ccccc1Nc1nn2c(=O)c3ccc(C(=O)NCCOC)cc3nc2s1. The molecular formula is C21H21N5O3S.